The van der Waals surface area contributed by atoms with Gasteiger partial charge in [0.2, 0.25) is 0 Å². The Labute approximate surface area is 142 Å². The second kappa shape index (κ2) is 8.33. The van der Waals surface area contributed by atoms with E-state index in [2.05, 4.69) is 24.5 Å². The molecule has 1 aromatic carbocycles. The molecular formula is C18H27FN2O3. The van der Waals surface area contributed by atoms with Gasteiger partial charge in [0.05, 0.1) is 19.3 Å². The van der Waals surface area contributed by atoms with Gasteiger partial charge in [-0.05, 0) is 37.0 Å². The third kappa shape index (κ3) is 4.60. The monoisotopic (exact) mass is 338 g/mol. The largest absolute Gasteiger partial charge is 0.494 e. The summed E-state index contributed by atoms with van der Waals surface area (Å²) in [4.78, 5) is 12.1. The lowest BCUT2D eigenvalue weighted by Gasteiger charge is -2.23. The fourth-order valence-corrected chi connectivity index (χ4v) is 3.12. The Morgan fingerprint density at radius 2 is 2.17 bits per heavy atom. The zero-order valence-corrected chi connectivity index (χ0v) is 14.8. The first-order valence-corrected chi connectivity index (χ1v) is 8.41. The third-order valence-electron chi connectivity index (χ3n) is 4.47. The van der Waals surface area contributed by atoms with Gasteiger partial charge < -0.3 is 20.1 Å². The summed E-state index contributed by atoms with van der Waals surface area (Å²) in [7, 11) is 1.42. The number of nitrogens with one attached hydrogen (secondary N) is 2. The normalized spacial score (nSPS) is 21.6. The van der Waals surface area contributed by atoms with Crippen LogP contribution in [0.3, 0.4) is 0 Å². The van der Waals surface area contributed by atoms with Gasteiger partial charge >= 0.3 is 6.03 Å². The summed E-state index contributed by atoms with van der Waals surface area (Å²) in [6.45, 7) is 7.40. The van der Waals surface area contributed by atoms with E-state index in [1.54, 1.807) is 12.1 Å². The van der Waals surface area contributed by atoms with Gasteiger partial charge in [0.15, 0.2) is 11.6 Å². The van der Waals surface area contributed by atoms with Gasteiger partial charge in [0.25, 0.3) is 0 Å². The lowest BCUT2D eigenvalue weighted by atomic mass is 9.93. The van der Waals surface area contributed by atoms with Crippen molar-refractivity contribution in [2.24, 2.45) is 11.8 Å². The van der Waals surface area contributed by atoms with E-state index in [1.807, 2.05) is 6.92 Å². The fraction of sp³-hybridized carbons (Fsp3) is 0.611. The van der Waals surface area contributed by atoms with Crippen LogP contribution in [-0.2, 0) is 4.74 Å². The number of rotatable bonds is 6. The second-order valence-corrected chi connectivity index (χ2v) is 6.60. The zero-order valence-electron chi connectivity index (χ0n) is 14.8. The van der Waals surface area contributed by atoms with Crippen molar-refractivity contribution >= 4 is 6.03 Å². The minimum atomic E-state index is -0.438. The van der Waals surface area contributed by atoms with E-state index < -0.39 is 5.82 Å². The van der Waals surface area contributed by atoms with Crippen LogP contribution < -0.4 is 15.4 Å². The number of hydrogen-bond donors (Lipinski definition) is 2. The highest BCUT2D eigenvalue weighted by Crippen LogP contribution is 2.26. The maximum absolute atomic E-state index is 13.8. The third-order valence-corrected chi connectivity index (χ3v) is 4.47. The zero-order chi connectivity index (χ0) is 17.7. The van der Waals surface area contributed by atoms with Crippen molar-refractivity contribution in [3.8, 4) is 5.75 Å². The first-order valence-electron chi connectivity index (χ1n) is 8.41. The molecule has 1 aromatic rings. The van der Waals surface area contributed by atoms with Gasteiger partial charge in [0.1, 0.15) is 0 Å². The van der Waals surface area contributed by atoms with E-state index in [0.717, 1.165) is 13.0 Å². The number of benzene rings is 1. The highest BCUT2D eigenvalue weighted by Gasteiger charge is 2.30. The van der Waals surface area contributed by atoms with Gasteiger partial charge in [0, 0.05) is 19.1 Å². The Kier molecular flexibility index (Phi) is 6.43. The Morgan fingerprint density at radius 3 is 2.79 bits per heavy atom. The fourth-order valence-electron chi connectivity index (χ4n) is 3.12. The van der Waals surface area contributed by atoms with Crippen molar-refractivity contribution in [3.05, 3.63) is 29.6 Å². The van der Waals surface area contributed by atoms with Crippen molar-refractivity contribution in [1.82, 2.24) is 10.6 Å². The molecule has 2 N–H and O–H groups in total. The molecule has 0 bridgehead atoms. The molecule has 6 heteroatoms. The van der Waals surface area contributed by atoms with Crippen molar-refractivity contribution in [1.29, 1.82) is 0 Å². The van der Waals surface area contributed by atoms with E-state index in [4.69, 9.17) is 9.47 Å². The van der Waals surface area contributed by atoms with Crippen LogP contribution in [0.1, 0.15) is 38.8 Å². The average molecular weight is 338 g/mol. The van der Waals surface area contributed by atoms with Crippen LogP contribution in [0, 0.1) is 17.7 Å². The number of hydrogen-bond acceptors (Lipinski definition) is 3. The van der Waals surface area contributed by atoms with Gasteiger partial charge in [-0.15, -0.1) is 0 Å². The standard InChI is InChI=1S/C18H27FN2O3/c1-11(2)17-14(7-8-24-17)10-20-18(22)21-12(3)13-5-6-16(23-4)15(19)9-13/h5-6,9,11-12,14,17H,7-8,10H2,1-4H3,(H2,20,21,22)/t12-,14+,17+/m0/s1. The molecule has 134 valence electrons. The van der Waals surface area contributed by atoms with E-state index in [1.165, 1.54) is 13.2 Å². The van der Waals surface area contributed by atoms with Crippen LogP contribution in [0.4, 0.5) is 9.18 Å². The first kappa shape index (κ1) is 18.5. The summed E-state index contributed by atoms with van der Waals surface area (Å²) < 4.78 is 24.4. The average Bonchev–Trinajstić information content (AvgIpc) is 3.01. The molecule has 1 aliphatic rings. The number of ether oxygens (including phenoxy) is 2. The lowest BCUT2D eigenvalue weighted by molar-refractivity contribution is 0.0545. The molecule has 24 heavy (non-hydrogen) atoms. The second-order valence-electron chi connectivity index (χ2n) is 6.60. The van der Waals surface area contributed by atoms with Crippen LogP contribution in [0.2, 0.25) is 0 Å². The highest BCUT2D eigenvalue weighted by atomic mass is 19.1. The Hall–Kier alpha value is -1.82. The lowest BCUT2D eigenvalue weighted by Crippen LogP contribution is -2.41. The van der Waals surface area contributed by atoms with Gasteiger partial charge in [-0.25, -0.2) is 9.18 Å². The molecule has 0 aliphatic carbocycles. The molecule has 0 unspecified atom stereocenters. The van der Waals surface area contributed by atoms with Crippen LogP contribution in [-0.4, -0.2) is 32.4 Å². The highest BCUT2D eigenvalue weighted by molar-refractivity contribution is 5.74. The molecule has 1 heterocycles. The predicted molar refractivity (Wildman–Crippen MR) is 90.6 cm³/mol. The number of carbonyl (C=O) groups is 1. The maximum atomic E-state index is 13.8. The summed E-state index contributed by atoms with van der Waals surface area (Å²) >= 11 is 0. The van der Waals surface area contributed by atoms with Gasteiger partial charge in [-0.1, -0.05) is 19.9 Å². The summed E-state index contributed by atoms with van der Waals surface area (Å²) in [5, 5.41) is 5.73. The van der Waals surface area contributed by atoms with E-state index in [9.17, 15) is 9.18 Å². The predicted octanol–water partition coefficient (Wildman–Crippen LogP) is 3.26. The summed E-state index contributed by atoms with van der Waals surface area (Å²) in [5.41, 5.74) is 0.688. The molecule has 2 rings (SSSR count). The number of halogens is 1. The molecule has 0 aromatic heterocycles. The quantitative estimate of drug-likeness (QED) is 0.837. The Balaban J connectivity index is 1.84. The van der Waals surface area contributed by atoms with Crippen molar-refractivity contribution in [2.45, 2.75) is 39.3 Å². The molecule has 3 atom stereocenters. The van der Waals surface area contributed by atoms with Crippen molar-refractivity contribution in [2.75, 3.05) is 20.3 Å². The van der Waals surface area contributed by atoms with Crippen LogP contribution in [0.5, 0.6) is 5.75 Å². The molecule has 0 saturated carbocycles. The minimum absolute atomic E-state index is 0.191. The summed E-state index contributed by atoms with van der Waals surface area (Å²) in [6.07, 6.45) is 1.15. The summed E-state index contributed by atoms with van der Waals surface area (Å²) in [6, 6.07) is 4.12. The number of methoxy groups -OCH3 is 1. The minimum Gasteiger partial charge on any atom is -0.494 e. The topological polar surface area (TPSA) is 59.6 Å². The van der Waals surface area contributed by atoms with Crippen molar-refractivity contribution in [3.63, 3.8) is 0 Å². The molecule has 0 spiro atoms. The van der Waals surface area contributed by atoms with Crippen molar-refractivity contribution < 1.29 is 18.7 Å². The Morgan fingerprint density at radius 1 is 1.42 bits per heavy atom. The van der Waals surface area contributed by atoms with Gasteiger partial charge in [-0.3, -0.25) is 0 Å². The Bertz CT molecular complexity index is 565. The molecule has 1 aliphatic heterocycles. The van der Waals surface area contributed by atoms with E-state index >= 15 is 0 Å². The number of carbonyl (C=O) groups excluding carboxylic acids is 1. The number of urea groups is 1. The van der Waals surface area contributed by atoms with E-state index in [-0.39, 0.29) is 23.9 Å². The molecule has 2 amide bonds. The molecule has 1 saturated heterocycles. The van der Waals surface area contributed by atoms with Gasteiger partial charge in [-0.2, -0.15) is 0 Å². The maximum Gasteiger partial charge on any atom is 0.315 e. The molecule has 0 radical (unpaired) electrons. The SMILES string of the molecule is COc1ccc([C@H](C)NC(=O)NC[C@H]2CCO[C@@H]2C(C)C)cc1F. The van der Waals surface area contributed by atoms with Crippen LogP contribution >= 0.6 is 0 Å². The van der Waals surface area contributed by atoms with E-state index in [0.29, 0.717) is 23.9 Å². The number of amides is 2. The smallest absolute Gasteiger partial charge is 0.315 e. The van der Waals surface area contributed by atoms with Crippen LogP contribution in [0.15, 0.2) is 18.2 Å². The first-order chi connectivity index (χ1) is 11.4. The van der Waals surface area contributed by atoms with Crippen LogP contribution in [0.25, 0.3) is 0 Å². The molecule has 1 fully saturated rings. The molecule has 5 nitrogen and oxygen atoms in total. The summed E-state index contributed by atoms with van der Waals surface area (Å²) in [5.74, 6) is 0.524. The molecular weight excluding hydrogens is 311 g/mol.